The molecule has 1 nitrogen and oxygen atoms in total. The molecule has 0 saturated heterocycles. The molecule has 13 heavy (non-hydrogen) atoms. The summed E-state index contributed by atoms with van der Waals surface area (Å²) in [6.07, 6.45) is 8.27. The van der Waals surface area contributed by atoms with Crippen LogP contribution in [0.3, 0.4) is 0 Å². The van der Waals surface area contributed by atoms with Gasteiger partial charge in [-0.05, 0) is 55.3 Å². The van der Waals surface area contributed by atoms with Gasteiger partial charge in [0.25, 0.3) is 0 Å². The Morgan fingerprint density at radius 3 is 1.85 bits per heavy atom. The fraction of sp³-hybridized carbons (Fsp3) is 1.00. The molecule has 4 saturated carbocycles. The van der Waals surface area contributed by atoms with E-state index in [1.807, 2.05) is 0 Å². The highest BCUT2D eigenvalue weighted by Gasteiger charge is 2.58. The number of rotatable bonds is 0. The van der Waals surface area contributed by atoms with E-state index in [-0.39, 0.29) is 5.54 Å². The van der Waals surface area contributed by atoms with E-state index in [1.54, 1.807) is 0 Å². The topological polar surface area (TPSA) is 26.0 Å². The second-order valence-electron chi connectivity index (χ2n) is 6.99. The number of hydrogen-bond donors (Lipinski definition) is 1. The van der Waals surface area contributed by atoms with Crippen molar-refractivity contribution in [2.24, 2.45) is 22.5 Å². The van der Waals surface area contributed by atoms with E-state index in [9.17, 15) is 0 Å². The predicted molar refractivity (Wildman–Crippen MR) is 54.3 cm³/mol. The summed E-state index contributed by atoms with van der Waals surface area (Å²) in [5, 5.41) is 0. The lowest BCUT2D eigenvalue weighted by atomic mass is 9.43. The van der Waals surface area contributed by atoms with E-state index in [2.05, 4.69) is 13.8 Å². The zero-order valence-corrected chi connectivity index (χ0v) is 8.90. The molecule has 0 heterocycles. The second kappa shape index (κ2) is 1.98. The summed E-state index contributed by atoms with van der Waals surface area (Å²) in [5.41, 5.74) is 7.92. The molecular weight excluding hydrogens is 158 g/mol. The Hall–Kier alpha value is -0.0400. The minimum atomic E-state index is 0.225. The smallest absolute Gasteiger partial charge is 0.0167 e. The Balaban J connectivity index is 2.03. The van der Waals surface area contributed by atoms with Crippen molar-refractivity contribution in [3.8, 4) is 0 Å². The van der Waals surface area contributed by atoms with Crippen molar-refractivity contribution in [2.45, 2.75) is 57.9 Å². The van der Waals surface area contributed by atoms with Crippen LogP contribution in [0.1, 0.15) is 52.4 Å². The highest BCUT2D eigenvalue weighted by molar-refractivity contribution is 5.12. The molecule has 0 aromatic carbocycles. The van der Waals surface area contributed by atoms with Gasteiger partial charge in [0.2, 0.25) is 0 Å². The zero-order valence-electron chi connectivity index (χ0n) is 8.90. The van der Waals surface area contributed by atoms with Gasteiger partial charge in [0.15, 0.2) is 0 Å². The molecule has 4 aliphatic rings. The molecule has 0 aromatic rings. The van der Waals surface area contributed by atoms with Crippen molar-refractivity contribution in [3.63, 3.8) is 0 Å². The van der Waals surface area contributed by atoms with Crippen molar-refractivity contribution >= 4 is 0 Å². The van der Waals surface area contributed by atoms with E-state index in [1.165, 1.54) is 38.5 Å². The molecule has 74 valence electrons. The van der Waals surface area contributed by atoms with Crippen LogP contribution in [0.15, 0.2) is 0 Å². The Labute approximate surface area is 81.1 Å². The van der Waals surface area contributed by atoms with E-state index < -0.39 is 0 Å². The second-order valence-corrected chi connectivity index (χ2v) is 6.99. The molecule has 4 rings (SSSR count). The van der Waals surface area contributed by atoms with Gasteiger partial charge in [-0.3, -0.25) is 0 Å². The van der Waals surface area contributed by atoms with Gasteiger partial charge in [-0.2, -0.15) is 0 Å². The maximum Gasteiger partial charge on any atom is 0.0167 e. The third-order valence-electron chi connectivity index (χ3n) is 4.67. The lowest BCUT2D eigenvalue weighted by Crippen LogP contribution is -2.62. The van der Waals surface area contributed by atoms with Crippen LogP contribution >= 0.6 is 0 Å². The van der Waals surface area contributed by atoms with Crippen molar-refractivity contribution in [3.05, 3.63) is 0 Å². The van der Waals surface area contributed by atoms with Gasteiger partial charge in [0, 0.05) is 5.54 Å². The Kier molecular flexibility index (Phi) is 1.26. The molecule has 0 aromatic heterocycles. The standard InChI is InChI=1S/C12H21N/c1-10-3-9-4-11(2,6-10)8-12(13,5-9)7-10/h9H,3-8,13H2,1-2H3/t9?,10-,11?,12?/m0/s1. The minimum Gasteiger partial charge on any atom is -0.325 e. The molecule has 4 fully saturated rings. The van der Waals surface area contributed by atoms with Crippen LogP contribution in [0.5, 0.6) is 0 Å². The summed E-state index contributed by atoms with van der Waals surface area (Å²) < 4.78 is 0. The largest absolute Gasteiger partial charge is 0.325 e. The summed E-state index contributed by atoms with van der Waals surface area (Å²) in [6.45, 7) is 4.94. The Morgan fingerprint density at radius 2 is 1.46 bits per heavy atom. The Morgan fingerprint density at radius 1 is 0.923 bits per heavy atom. The third-order valence-corrected chi connectivity index (χ3v) is 4.67. The number of nitrogens with two attached hydrogens (primary N) is 1. The molecule has 0 aliphatic heterocycles. The molecule has 4 atom stereocenters. The molecule has 3 unspecified atom stereocenters. The first-order chi connectivity index (χ1) is 5.91. The van der Waals surface area contributed by atoms with Crippen molar-refractivity contribution < 1.29 is 0 Å². The van der Waals surface area contributed by atoms with Crippen LogP contribution in [0, 0.1) is 16.7 Å². The molecule has 0 spiro atoms. The molecule has 4 aliphatic carbocycles. The fourth-order valence-electron chi connectivity index (χ4n) is 5.54. The lowest BCUT2D eigenvalue weighted by Gasteiger charge is -2.64. The average Bonchev–Trinajstić information content (AvgIpc) is 1.71. The molecule has 0 radical (unpaired) electrons. The zero-order chi connectivity index (χ0) is 9.32. The summed E-state index contributed by atoms with van der Waals surface area (Å²) >= 11 is 0. The predicted octanol–water partition coefficient (Wildman–Crippen LogP) is 2.69. The molecule has 4 bridgehead atoms. The fourth-order valence-corrected chi connectivity index (χ4v) is 5.54. The lowest BCUT2D eigenvalue weighted by molar-refractivity contribution is -0.104. The quantitative estimate of drug-likeness (QED) is 0.608. The van der Waals surface area contributed by atoms with E-state index in [0.29, 0.717) is 10.8 Å². The first kappa shape index (κ1) is 8.28. The third kappa shape index (κ3) is 1.09. The first-order valence-corrected chi connectivity index (χ1v) is 5.70. The van der Waals surface area contributed by atoms with E-state index >= 15 is 0 Å². The maximum atomic E-state index is 6.49. The molecule has 2 N–H and O–H groups in total. The highest BCUT2D eigenvalue weighted by atomic mass is 14.8. The minimum absolute atomic E-state index is 0.225. The van der Waals surface area contributed by atoms with Gasteiger partial charge in [0.05, 0.1) is 0 Å². The molecule has 0 amide bonds. The number of hydrogen-bond acceptors (Lipinski definition) is 1. The van der Waals surface area contributed by atoms with Gasteiger partial charge in [-0.1, -0.05) is 13.8 Å². The summed E-state index contributed by atoms with van der Waals surface area (Å²) in [7, 11) is 0. The summed E-state index contributed by atoms with van der Waals surface area (Å²) in [5.74, 6) is 0.955. The first-order valence-electron chi connectivity index (χ1n) is 5.70. The van der Waals surface area contributed by atoms with Crippen LogP contribution in [-0.2, 0) is 0 Å². The van der Waals surface area contributed by atoms with Crippen molar-refractivity contribution in [1.29, 1.82) is 0 Å². The molecule has 1 heteroatoms. The summed E-state index contributed by atoms with van der Waals surface area (Å²) in [6, 6.07) is 0. The van der Waals surface area contributed by atoms with Crippen LogP contribution in [0.25, 0.3) is 0 Å². The highest BCUT2D eigenvalue weighted by Crippen LogP contribution is 2.65. The van der Waals surface area contributed by atoms with Gasteiger partial charge in [-0.25, -0.2) is 0 Å². The monoisotopic (exact) mass is 179 g/mol. The van der Waals surface area contributed by atoms with Crippen LogP contribution < -0.4 is 5.73 Å². The van der Waals surface area contributed by atoms with E-state index in [0.717, 1.165) is 5.92 Å². The van der Waals surface area contributed by atoms with Gasteiger partial charge < -0.3 is 5.73 Å². The maximum absolute atomic E-state index is 6.49. The van der Waals surface area contributed by atoms with Crippen LogP contribution in [0.2, 0.25) is 0 Å². The Bertz CT molecular complexity index is 207. The van der Waals surface area contributed by atoms with Gasteiger partial charge in [0.1, 0.15) is 0 Å². The van der Waals surface area contributed by atoms with Crippen LogP contribution in [-0.4, -0.2) is 5.54 Å². The average molecular weight is 179 g/mol. The van der Waals surface area contributed by atoms with Crippen LogP contribution in [0.4, 0.5) is 0 Å². The summed E-state index contributed by atoms with van der Waals surface area (Å²) in [4.78, 5) is 0. The van der Waals surface area contributed by atoms with Crippen molar-refractivity contribution in [2.75, 3.05) is 0 Å². The normalized spacial score (nSPS) is 64.4. The van der Waals surface area contributed by atoms with E-state index in [4.69, 9.17) is 5.73 Å². The SMILES string of the molecule is CC12CC3CC(N)(C1)C[C@@](C)(C3)C2. The van der Waals surface area contributed by atoms with Crippen molar-refractivity contribution in [1.82, 2.24) is 0 Å². The van der Waals surface area contributed by atoms with Gasteiger partial charge in [-0.15, -0.1) is 0 Å². The molecular formula is C12H21N. The van der Waals surface area contributed by atoms with Gasteiger partial charge >= 0.3 is 0 Å².